The highest BCUT2D eigenvalue weighted by Crippen LogP contribution is 2.27. The Labute approximate surface area is 155 Å². The van der Waals surface area contributed by atoms with E-state index in [1.165, 1.54) is 0 Å². The minimum Gasteiger partial charge on any atom is -0.368 e. The number of aromatic nitrogens is 5. The number of benzene rings is 1. The number of hydrogen-bond donors (Lipinski definition) is 1. The Hall–Kier alpha value is -3.26. The van der Waals surface area contributed by atoms with E-state index >= 15 is 0 Å². The molecular formula is C19H18N6O2. The van der Waals surface area contributed by atoms with Crippen molar-refractivity contribution in [1.82, 2.24) is 24.7 Å². The van der Waals surface area contributed by atoms with Gasteiger partial charge in [-0.2, -0.15) is 14.6 Å². The SMILES string of the molecule is c1ccc(-c2cc(NCc3noc(C4CCCO4)n3)n3nccc3n2)cc1. The fraction of sp³-hybridized carbons (Fsp3) is 0.263. The molecule has 0 spiro atoms. The maximum absolute atomic E-state index is 5.59. The summed E-state index contributed by atoms with van der Waals surface area (Å²) in [5.74, 6) is 1.94. The van der Waals surface area contributed by atoms with Crippen LogP contribution in [-0.2, 0) is 11.3 Å². The number of fused-ring (bicyclic) bond motifs is 1. The first-order valence-electron chi connectivity index (χ1n) is 8.95. The molecule has 1 N–H and O–H groups in total. The zero-order valence-corrected chi connectivity index (χ0v) is 14.6. The maximum Gasteiger partial charge on any atom is 0.255 e. The van der Waals surface area contributed by atoms with E-state index in [1.807, 2.05) is 42.5 Å². The van der Waals surface area contributed by atoms with Crippen LogP contribution in [0.4, 0.5) is 5.82 Å². The average molecular weight is 362 g/mol. The van der Waals surface area contributed by atoms with Crippen molar-refractivity contribution in [1.29, 1.82) is 0 Å². The van der Waals surface area contributed by atoms with Gasteiger partial charge < -0.3 is 14.6 Å². The van der Waals surface area contributed by atoms with E-state index in [4.69, 9.17) is 9.26 Å². The second kappa shape index (κ2) is 6.81. The molecule has 5 rings (SSSR count). The Balaban J connectivity index is 1.40. The topological polar surface area (TPSA) is 90.4 Å². The monoisotopic (exact) mass is 362 g/mol. The quantitative estimate of drug-likeness (QED) is 0.583. The molecule has 0 bridgehead atoms. The van der Waals surface area contributed by atoms with Crippen molar-refractivity contribution in [2.45, 2.75) is 25.5 Å². The molecule has 1 unspecified atom stereocenters. The second-order valence-corrected chi connectivity index (χ2v) is 6.40. The minimum absolute atomic E-state index is 0.0744. The van der Waals surface area contributed by atoms with E-state index < -0.39 is 0 Å². The first-order chi connectivity index (χ1) is 13.4. The van der Waals surface area contributed by atoms with Crippen molar-refractivity contribution in [3.8, 4) is 11.3 Å². The summed E-state index contributed by atoms with van der Waals surface area (Å²) >= 11 is 0. The van der Waals surface area contributed by atoms with Crippen LogP contribution in [0.2, 0.25) is 0 Å². The van der Waals surface area contributed by atoms with Crippen molar-refractivity contribution in [2.75, 3.05) is 11.9 Å². The summed E-state index contributed by atoms with van der Waals surface area (Å²) in [4.78, 5) is 9.12. The van der Waals surface area contributed by atoms with Crippen LogP contribution in [0.5, 0.6) is 0 Å². The van der Waals surface area contributed by atoms with Gasteiger partial charge in [0, 0.05) is 24.3 Å². The number of hydrogen-bond acceptors (Lipinski definition) is 7. The number of nitrogens with one attached hydrogen (secondary N) is 1. The lowest BCUT2D eigenvalue weighted by atomic mass is 10.1. The van der Waals surface area contributed by atoms with Gasteiger partial charge in [-0.1, -0.05) is 35.5 Å². The summed E-state index contributed by atoms with van der Waals surface area (Å²) in [5, 5.41) is 11.7. The van der Waals surface area contributed by atoms with Crippen LogP contribution in [0.25, 0.3) is 16.9 Å². The Morgan fingerprint density at radius 3 is 2.93 bits per heavy atom. The third kappa shape index (κ3) is 3.15. The Morgan fingerprint density at radius 2 is 2.07 bits per heavy atom. The molecule has 0 amide bonds. The molecule has 136 valence electrons. The molecule has 0 aliphatic carbocycles. The summed E-state index contributed by atoms with van der Waals surface area (Å²) < 4.78 is 12.7. The highest BCUT2D eigenvalue weighted by Gasteiger charge is 2.23. The molecule has 1 aliphatic heterocycles. The molecule has 8 heteroatoms. The van der Waals surface area contributed by atoms with Crippen LogP contribution in [-0.4, -0.2) is 31.3 Å². The highest BCUT2D eigenvalue weighted by molar-refractivity contribution is 5.66. The lowest BCUT2D eigenvalue weighted by Gasteiger charge is -2.09. The fourth-order valence-electron chi connectivity index (χ4n) is 3.21. The lowest BCUT2D eigenvalue weighted by molar-refractivity contribution is 0.0835. The first kappa shape index (κ1) is 16.0. The van der Waals surface area contributed by atoms with Gasteiger partial charge in [0.25, 0.3) is 5.89 Å². The van der Waals surface area contributed by atoms with Gasteiger partial charge in [0.1, 0.15) is 11.9 Å². The van der Waals surface area contributed by atoms with Gasteiger partial charge in [-0.25, -0.2) is 4.98 Å². The molecule has 0 saturated carbocycles. The Bertz CT molecular complexity index is 1050. The molecule has 4 aromatic rings. The van der Waals surface area contributed by atoms with Crippen LogP contribution in [0.1, 0.15) is 30.7 Å². The second-order valence-electron chi connectivity index (χ2n) is 6.40. The van der Waals surface area contributed by atoms with Gasteiger partial charge in [0.05, 0.1) is 18.4 Å². The highest BCUT2D eigenvalue weighted by atomic mass is 16.5. The molecule has 1 aliphatic rings. The van der Waals surface area contributed by atoms with Crippen LogP contribution in [0.15, 0.2) is 53.2 Å². The first-order valence-corrected chi connectivity index (χ1v) is 8.95. The van der Waals surface area contributed by atoms with E-state index in [0.29, 0.717) is 18.3 Å². The third-order valence-electron chi connectivity index (χ3n) is 4.55. The summed E-state index contributed by atoms with van der Waals surface area (Å²) in [6.07, 6.45) is 3.60. The minimum atomic E-state index is -0.0744. The van der Waals surface area contributed by atoms with Crippen LogP contribution in [0, 0.1) is 0 Å². The Morgan fingerprint density at radius 1 is 1.15 bits per heavy atom. The van der Waals surface area contributed by atoms with E-state index in [9.17, 15) is 0 Å². The standard InChI is InChI=1S/C19H18N6O2/c1-2-5-13(6-3-1)14-11-18(25-17(22-14)8-9-21-25)20-12-16-23-19(27-24-16)15-7-4-10-26-15/h1-3,5-6,8-9,11,15,20H,4,7,10,12H2. The zero-order valence-electron chi connectivity index (χ0n) is 14.6. The van der Waals surface area contributed by atoms with Crippen molar-refractivity contribution in [3.63, 3.8) is 0 Å². The van der Waals surface area contributed by atoms with Gasteiger partial charge >= 0.3 is 0 Å². The van der Waals surface area contributed by atoms with Crippen molar-refractivity contribution in [2.24, 2.45) is 0 Å². The van der Waals surface area contributed by atoms with E-state index in [-0.39, 0.29) is 6.10 Å². The zero-order chi connectivity index (χ0) is 18.1. The van der Waals surface area contributed by atoms with Crippen LogP contribution >= 0.6 is 0 Å². The van der Waals surface area contributed by atoms with Crippen LogP contribution < -0.4 is 5.32 Å². The smallest absolute Gasteiger partial charge is 0.255 e. The number of nitrogens with zero attached hydrogens (tertiary/aromatic N) is 5. The molecule has 4 heterocycles. The maximum atomic E-state index is 5.59. The van der Waals surface area contributed by atoms with Crippen molar-refractivity contribution < 1.29 is 9.26 Å². The van der Waals surface area contributed by atoms with Crippen molar-refractivity contribution in [3.05, 3.63) is 60.4 Å². The average Bonchev–Trinajstić information content (AvgIpc) is 3.47. The predicted molar refractivity (Wildman–Crippen MR) is 98.0 cm³/mol. The number of anilines is 1. The molecular weight excluding hydrogens is 344 g/mol. The van der Waals surface area contributed by atoms with Crippen molar-refractivity contribution >= 4 is 11.5 Å². The largest absolute Gasteiger partial charge is 0.368 e. The fourth-order valence-corrected chi connectivity index (χ4v) is 3.21. The van der Waals surface area contributed by atoms with Gasteiger partial charge in [0.2, 0.25) is 0 Å². The van der Waals surface area contributed by atoms with Gasteiger partial charge in [-0.05, 0) is 12.8 Å². The molecule has 1 fully saturated rings. The van der Waals surface area contributed by atoms with E-state index in [2.05, 4.69) is 25.5 Å². The molecule has 3 aromatic heterocycles. The van der Waals surface area contributed by atoms with Gasteiger partial charge in [-0.3, -0.25) is 0 Å². The van der Waals surface area contributed by atoms with E-state index in [0.717, 1.165) is 42.2 Å². The van der Waals surface area contributed by atoms with Crippen LogP contribution in [0.3, 0.4) is 0 Å². The predicted octanol–water partition coefficient (Wildman–Crippen LogP) is 3.24. The third-order valence-corrected chi connectivity index (χ3v) is 4.55. The molecule has 1 atom stereocenters. The summed E-state index contributed by atoms with van der Waals surface area (Å²) in [5.41, 5.74) is 2.69. The normalized spacial score (nSPS) is 16.8. The molecule has 27 heavy (non-hydrogen) atoms. The molecule has 8 nitrogen and oxygen atoms in total. The Kier molecular flexibility index (Phi) is 4.02. The molecule has 0 radical (unpaired) electrons. The number of rotatable bonds is 5. The molecule has 1 aromatic carbocycles. The summed E-state index contributed by atoms with van der Waals surface area (Å²) in [6, 6.07) is 13.9. The number of ether oxygens (including phenoxy) is 1. The van der Waals surface area contributed by atoms with E-state index in [1.54, 1.807) is 10.7 Å². The summed E-state index contributed by atoms with van der Waals surface area (Å²) in [6.45, 7) is 1.17. The lowest BCUT2D eigenvalue weighted by Crippen LogP contribution is -2.08. The van der Waals surface area contributed by atoms with Gasteiger partial charge in [-0.15, -0.1) is 0 Å². The van der Waals surface area contributed by atoms with Gasteiger partial charge in [0.15, 0.2) is 11.5 Å². The summed E-state index contributed by atoms with van der Waals surface area (Å²) in [7, 11) is 0. The molecule has 1 saturated heterocycles.